The largest absolute Gasteiger partial charge is 0.489 e. The summed E-state index contributed by atoms with van der Waals surface area (Å²) in [7, 11) is 1.73. The summed E-state index contributed by atoms with van der Waals surface area (Å²) in [6, 6.07) is 9.23. The minimum absolute atomic E-state index is 0.0503. The Hall–Kier alpha value is -1.95. The van der Waals surface area contributed by atoms with Crippen LogP contribution in [0.3, 0.4) is 0 Å². The average molecular weight is 290 g/mol. The summed E-state index contributed by atoms with van der Waals surface area (Å²) in [5.41, 5.74) is 1.74. The van der Waals surface area contributed by atoms with E-state index in [-0.39, 0.29) is 5.69 Å². The molecule has 1 aliphatic heterocycles. The molecule has 0 aliphatic carbocycles. The first-order valence-corrected chi connectivity index (χ1v) is 7.41. The van der Waals surface area contributed by atoms with Crippen molar-refractivity contribution in [3.8, 4) is 17.0 Å². The molecule has 0 radical (unpaired) electrons. The number of benzene rings is 1. The van der Waals surface area contributed by atoms with Gasteiger partial charge in [-0.2, -0.15) is 16.9 Å². The minimum Gasteiger partial charge on any atom is -0.489 e. The predicted molar refractivity (Wildman–Crippen MR) is 77.3 cm³/mol. The molecule has 3 rings (SSSR count). The molecule has 1 aromatic carbocycles. The Morgan fingerprint density at radius 1 is 1.40 bits per heavy atom. The molecule has 0 bridgehead atoms. The quantitative estimate of drug-likeness (QED) is 0.936. The first-order valence-electron chi connectivity index (χ1n) is 6.25. The second kappa shape index (κ2) is 5.20. The second-order valence-corrected chi connectivity index (χ2v) is 5.72. The van der Waals surface area contributed by atoms with Crippen LogP contribution in [0, 0.1) is 0 Å². The second-order valence-electron chi connectivity index (χ2n) is 4.65. The third-order valence-electron chi connectivity index (χ3n) is 3.16. The molecule has 1 aliphatic rings. The maximum Gasteiger partial charge on any atom is 0.356 e. The third kappa shape index (κ3) is 2.51. The fourth-order valence-corrected chi connectivity index (χ4v) is 2.59. The van der Waals surface area contributed by atoms with E-state index in [1.165, 1.54) is 0 Å². The summed E-state index contributed by atoms with van der Waals surface area (Å²) < 4.78 is 7.35. The van der Waals surface area contributed by atoms with Gasteiger partial charge in [0.05, 0.1) is 5.69 Å². The molecule has 1 aromatic heterocycles. The Morgan fingerprint density at radius 2 is 2.10 bits per heavy atom. The Labute approximate surface area is 120 Å². The Balaban J connectivity index is 1.81. The van der Waals surface area contributed by atoms with Crippen LogP contribution in [-0.2, 0) is 7.05 Å². The number of hydrogen-bond acceptors (Lipinski definition) is 4. The summed E-state index contributed by atoms with van der Waals surface area (Å²) >= 11 is 1.88. The number of aryl methyl sites for hydroxylation is 1. The molecule has 1 saturated heterocycles. The zero-order valence-electron chi connectivity index (χ0n) is 10.9. The number of aromatic nitrogens is 2. The van der Waals surface area contributed by atoms with Crippen molar-refractivity contribution in [3.63, 3.8) is 0 Å². The van der Waals surface area contributed by atoms with Gasteiger partial charge in [0.25, 0.3) is 0 Å². The van der Waals surface area contributed by atoms with Crippen LogP contribution < -0.4 is 4.74 Å². The molecule has 2 heterocycles. The van der Waals surface area contributed by atoms with Gasteiger partial charge >= 0.3 is 5.97 Å². The van der Waals surface area contributed by atoms with E-state index in [1.54, 1.807) is 17.8 Å². The Kier molecular flexibility index (Phi) is 3.40. The zero-order valence-corrected chi connectivity index (χ0v) is 11.8. The van der Waals surface area contributed by atoms with Crippen LogP contribution >= 0.6 is 11.8 Å². The Morgan fingerprint density at radius 3 is 2.60 bits per heavy atom. The van der Waals surface area contributed by atoms with Crippen molar-refractivity contribution >= 4 is 17.7 Å². The number of thioether (sulfide) groups is 1. The van der Waals surface area contributed by atoms with Crippen LogP contribution in [0.15, 0.2) is 30.3 Å². The van der Waals surface area contributed by atoms with E-state index in [0.29, 0.717) is 6.10 Å². The molecule has 2 aromatic rings. The highest BCUT2D eigenvalue weighted by atomic mass is 32.2. The van der Waals surface area contributed by atoms with E-state index < -0.39 is 5.97 Å². The normalized spacial score (nSPS) is 14.8. The van der Waals surface area contributed by atoms with Gasteiger partial charge < -0.3 is 9.84 Å². The van der Waals surface area contributed by atoms with Crippen molar-refractivity contribution in [2.45, 2.75) is 6.10 Å². The first-order chi connectivity index (χ1) is 9.63. The lowest BCUT2D eigenvalue weighted by molar-refractivity contribution is 0.0689. The maximum absolute atomic E-state index is 10.9. The highest BCUT2D eigenvalue weighted by Gasteiger charge is 2.19. The molecule has 6 heteroatoms. The van der Waals surface area contributed by atoms with Crippen LogP contribution in [0.1, 0.15) is 10.5 Å². The number of carboxylic acid groups (broad SMARTS) is 1. The van der Waals surface area contributed by atoms with Crippen molar-refractivity contribution in [1.82, 2.24) is 9.78 Å². The lowest BCUT2D eigenvalue weighted by Crippen LogP contribution is -2.30. The number of carbonyl (C=O) groups is 1. The van der Waals surface area contributed by atoms with Crippen molar-refractivity contribution in [3.05, 3.63) is 36.0 Å². The van der Waals surface area contributed by atoms with Gasteiger partial charge in [0.15, 0.2) is 5.69 Å². The standard InChI is InChI=1S/C14H14N2O3S/c1-16-13(6-12(15-16)14(17)18)9-2-4-10(5-3-9)19-11-7-20-8-11/h2-6,11H,7-8H2,1H3,(H,17,18). The fraction of sp³-hybridized carbons (Fsp3) is 0.286. The number of nitrogens with zero attached hydrogens (tertiary/aromatic N) is 2. The van der Waals surface area contributed by atoms with Crippen LogP contribution in [0.5, 0.6) is 5.75 Å². The van der Waals surface area contributed by atoms with E-state index in [1.807, 2.05) is 36.0 Å². The van der Waals surface area contributed by atoms with Gasteiger partial charge in [0.1, 0.15) is 11.9 Å². The van der Waals surface area contributed by atoms with Crippen molar-refractivity contribution < 1.29 is 14.6 Å². The lowest BCUT2D eigenvalue weighted by Gasteiger charge is -2.25. The number of ether oxygens (including phenoxy) is 1. The van der Waals surface area contributed by atoms with Crippen LogP contribution in [0.4, 0.5) is 0 Å². The lowest BCUT2D eigenvalue weighted by atomic mass is 10.1. The number of aromatic carboxylic acids is 1. The monoisotopic (exact) mass is 290 g/mol. The highest BCUT2D eigenvalue weighted by Crippen LogP contribution is 2.26. The van der Waals surface area contributed by atoms with E-state index in [2.05, 4.69) is 5.10 Å². The average Bonchev–Trinajstić information content (AvgIpc) is 2.77. The smallest absolute Gasteiger partial charge is 0.356 e. The number of rotatable bonds is 4. The van der Waals surface area contributed by atoms with Crippen molar-refractivity contribution in [2.24, 2.45) is 7.05 Å². The molecule has 0 amide bonds. The topological polar surface area (TPSA) is 64.4 Å². The molecule has 0 spiro atoms. The van der Waals surface area contributed by atoms with Crippen LogP contribution in [0.25, 0.3) is 11.3 Å². The SMILES string of the molecule is Cn1nc(C(=O)O)cc1-c1ccc(OC2CSC2)cc1. The molecular formula is C14H14N2O3S. The summed E-state index contributed by atoms with van der Waals surface area (Å²) in [4.78, 5) is 10.9. The predicted octanol–water partition coefficient (Wildman–Crippen LogP) is 2.28. The van der Waals surface area contributed by atoms with Gasteiger partial charge in [-0.25, -0.2) is 4.79 Å². The van der Waals surface area contributed by atoms with E-state index in [4.69, 9.17) is 9.84 Å². The molecular weight excluding hydrogens is 276 g/mol. The summed E-state index contributed by atoms with van der Waals surface area (Å²) in [6.45, 7) is 0. The van der Waals surface area contributed by atoms with E-state index in [9.17, 15) is 4.79 Å². The minimum atomic E-state index is -1.02. The first kappa shape index (κ1) is 13.1. The van der Waals surface area contributed by atoms with Gasteiger partial charge in [-0.1, -0.05) is 0 Å². The van der Waals surface area contributed by atoms with Crippen molar-refractivity contribution in [1.29, 1.82) is 0 Å². The van der Waals surface area contributed by atoms with E-state index >= 15 is 0 Å². The molecule has 0 unspecified atom stereocenters. The highest BCUT2D eigenvalue weighted by molar-refractivity contribution is 8.00. The summed E-state index contributed by atoms with van der Waals surface area (Å²) in [5.74, 6) is 1.92. The Bertz CT molecular complexity index is 632. The summed E-state index contributed by atoms with van der Waals surface area (Å²) in [5, 5.41) is 12.9. The van der Waals surface area contributed by atoms with Crippen LogP contribution in [0.2, 0.25) is 0 Å². The molecule has 5 nitrogen and oxygen atoms in total. The third-order valence-corrected chi connectivity index (χ3v) is 4.37. The fourth-order valence-electron chi connectivity index (χ4n) is 2.02. The molecule has 0 saturated carbocycles. The van der Waals surface area contributed by atoms with Crippen molar-refractivity contribution in [2.75, 3.05) is 11.5 Å². The van der Waals surface area contributed by atoms with Gasteiger partial charge in [-0.3, -0.25) is 4.68 Å². The molecule has 1 N–H and O–H groups in total. The molecule has 0 atom stereocenters. The van der Waals surface area contributed by atoms with Gasteiger partial charge in [-0.15, -0.1) is 0 Å². The zero-order chi connectivity index (χ0) is 14.1. The number of hydrogen-bond donors (Lipinski definition) is 1. The van der Waals surface area contributed by atoms with E-state index in [0.717, 1.165) is 28.5 Å². The van der Waals surface area contributed by atoms with Gasteiger partial charge in [0.2, 0.25) is 0 Å². The maximum atomic E-state index is 10.9. The summed E-state index contributed by atoms with van der Waals surface area (Å²) in [6.07, 6.45) is 0.321. The van der Waals surface area contributed by atoms with Gasteiger partial charge in [0, 0.05) is 24.1 Å². The van der Waals surface area contributed by atoms with Gasteiger partial charge in [-0.05, 0) is 30.3 Å². The molecule has 1 fully saturated rings. The van der Waals surface area contributed by atoms with Crippen LogP contribution in [-0.4, -0.2) is 38.5 Å². The molecule has 104 valence electrons. The molecule has 20 heavy (non-hydrogen) atoms. The number of carboxylic acids is 1.